The van der Waals surface area contributed by atoms with Gasteiger partial charge in [0.2, 0.25) is 0 Å². The summed E-state index contributed by atoms with van der Waals surface area (Å²) in [5, 5.41) is 17.7. The van der Waals surface area contributed by atoms with Crippen LogP contribution in [-0.2, 0) is 0 Å². The van der Waals surface area contributed by atoms with Gasteiger partial charge in [0.25, 0.3) is 0 Å². The summed E-state index contributed by atoms with van der Waals surface area (Å²) in [6.07, 6.45) is 2.91. The molecule has 5 heteroatoms. The number of rotatable bonds is 3. The van der Waals surface area contributed by atoms with Gasteiger partial charge in [0.1, 0.15) is 5.75 Å². The van der Waals surface area contributed by atoms with E-state index < -0.39 is 7.12 Å². The van der Waals surface area contributed by atoms with Gasteiger partial charge in [-0.15, -0.1) is 0 Å². The highest BCUT2D eigenvalue weighted by Crippen LogP contribution is 2.04. The Bertz CT molecular complexity index is 254. The molecule has 64 valence electrons. The van der Waals surface area contributed by atoms with Crippen LogP contribution in [0.4, 0.5) is 0 Å². The zero-order valence-electron chi connectivity index (χ0n) is 6.77. The predicted molar refractivity (Wildman–Crippen MR) is 45.2 cm³/mol. The minimum absolute atomic E-state index is 0.291. The van der Waals surface area contributed by atoms with Crippen molar-refractivity contribution >= 4 is 12.6 Å². The van der Waals surface area contributed by atoms with Crippen molar-refractivity contribution in [3.8, 4) is 5.75 Å². The molecule has 0 saturated carbocycles. The summed E-state index contributed by atoms with van der Waals surface area (Å²) in [5.41, 5.74) is 0.291. The molecule has 12 heavy (non-hydrogen) atoms. The number of hydrogen-bond acceptors (Lipinski definition) is 4. The van der Waals surface area contributed by atoms with Crippen LogP contribution < -0.4 is 10.2 Å². The number of pyridine rings is 1. The first-order valence-electron chi connectivity index (χ1n) is 3.68. The lowest BCUT2D eigenvalue weighted by molar-refractivity contribution is 0.339. The van der Waals surface area contributed by atoms with Crippen LogP contribution in [0.25, 0.3) is 0 Å². The van der Waals surface area contributed by atoms with E-state index in [-0.39, 0.29) is 0 Å². The van der Waals surface area contributed by atoms with Crippen molar-refractivity contribution in [2.24, 2.45) is 0 Å². The first kappa shape index (κ1) is 9.03. The van der Waals surface area contributed by atoms with Gasteiger partial charge in [-0.3, -0.25) is 4.98 Å². The van der Waals surface area contributed by atoms with Crippen molar-refractivity contribution in [3.63, 3.8) is 0 Å². The molecule has 0 aliphatic heterocycles. The van der Waals surface area contributed by atoms with Gasteiger partial charge in [-0.25, -0.2) is 0 Å². The minimum atomic E-state index is -1.53. The molecule has 0 spiro atoms. The molecular weight excluding hydrogens is 157 g/mol. The van der Waals surface area contributed by atoms with Crippen LogP contribution in [0, 0.1) is 0 Å². The van der Waals surface area contributed by atoms with Gasteiger partial charge in [-0.2, -0.15) is 0 Å². The lowest BCUT2D eigenvalue weighted by atomic mass is 9.81. The summed E-state index contributed by atoms with van der Waals surface area (Å²) in [7, 11) is -1.53. The Morgan fingerprint density at radius 3 is 2.92 bits per heavy atom. The predicted octanol–water partition coefficient (Wildman–Crippen LogP) is -0.840. The van der Waals surface area contributed by atoms with Crippen LogP contribution >= 0.6 is 0 Å². The second-order valence-electron chi connectivity index (χ2n) is 2.22. The SMILES string of the molecule is CCOc1ccncc1B(O)O. The number of nitrogens with zero attached hydrogens (tertiary/aromatic N) is 1. The summed E-state index contributed by atoms with van der Waals surface area (Å²) in [6, 6.07) is 1.60. The second kappa shape index (κ2) is 4.08. The fourth-order valence-corrected chi connectivity index (χ4v) is 0.875. The van der Waals surface area contributed by atoms with Crippen LogP contribution in [-0.4, -0.2) is 28.8 Å². The van der Waals surface area contributed by atoms with E-state index >= 15 is 0 Å². The molecule has 4 nitrogen and oxygen atoms in total. The fourth-order valence-electron chi connectivity index (χ4n) is 0.875. The molecule has 1 heterocycles. The third kappa shape index (κ3) is 1.96. The summed E-state index contributed by atoms with van der Waals surface area (Å²) in [5.74, 6) is 0.461. The summed E-state index contributed by atoms with van der Waals surface area (Å²) in [4.78, 5) is 3.75. The Labute approximate surface area is 71.0 Å². The van der Waals surface area contributed by atoms with Crippen LogP contribution in [0.2, 0.25) is 0 Å². The first-order valence-corrected chi connectivity index (χ1v) is 3.68. The first-order chi connectivity index (χ1) is 5.75. The molecule has 0 aliphatic rings. The van der Waals surface area contributed by atoms with Crippen molar-refractivity contribution in [2.45, 2.75) is 6.92 Å². The number of ether oxygens (including phenoxy) is 1. The van der Waals surface area contributed by atoms with E-state index in [9.17, 15) is 0 Å². The van der Waals surface area contributed by atoms with Crippen molar-refractivity contribution in [3.05, 3.63) is 18.5 Å². The third-order valence-electron chi connectivity index (χ3n) is 1.39. The van der Waals surface area contributed by atoms with Gasteiger partial charge < -0.3 is 14.8 Å². The van der Waals surface area contributed by atoms with Gasteiger partial charge in [0.05, 0.1) is 6.61 Å². The molecule has 0 fully saturated rings. The van der Waals surface area contributed by atoms with Gasteiger partial charge >= 0.3 is 7.12 Å². The number of aromatic nitrogens is 1. The Morgan fingerprint density at radius 1 is 1.58 bits per heavy atom. The molecule has 1 rings (SSSR count). The topological polar surface area (TPSA) is 62.6 Å². The molecule has 0 amide bonds. The highest BCUT2D eigenvalue weighted by Gasteiger charge is 2.16. The Kier molecular flexibility index (Phi) is 3.07. The highest BCUT2D eigenvalue weighted by atomic mass is 16.5. The smallest absolute Gasteiger partial charge is 0.493 e. The summed E-state index contributed by atoms with van der Waals surface area (Å²) >= 11 is 0. The maximum atomic E-state index is 8.87. The lowest BCUT2D eigenvalue weighted by Gasteiger charge is -2.07. The molecule has 1 aromatic rings. The van der Waals surface area contributed by atoms with E-state index in [1.54, 1.807) is 6.07 Å². The molecule has 1 aromatic heterocycles. The van der Waals surface area contributed by atoms with E-state index in [2.05, 4.69) is 4.98 Å². The normalized spacial score (nSPS) is 9.58. The van der Waals surface area contributed by atoms with Gasteiger partial charge in [0.15, 0.2) is 0 Å². The van der Waals surface area contributed by atoms with Crippen molar-refractivity contribution in [1.82, 2.24) is 4.98 Å². The van der Waals surface area contributed by atoms with Gasteiger partial charge in [-0.1, -0.05) is 0 Å². The van der Waals surface area contributed by atoms with Crippen LogP contribution in [0.5, 0.6) is 5.75 Å². The lowest BCUT2D eigenvalue weighted by Crippen LogP contribution is -2.31. The molecule has 0 aliphatic carbocycles. The highest BCUT2D eigenvalue weighted by molar-refractivity contribution is 6.59. The zero-order chi connectivity index (χ0) is 8.97. The standard InChI is InChI=1S/C7H10BNO3/c1-2-12-7-3-4-9-5-6(7)8(10)11/h3-5,10-11H,2H2,1H3. The molecule has 0 unspecified atom stereocenters. The Hall–Kier alpha value is -1.07. The van der Waals surface area contributed by atoms with E-state index in [4.69, 9.17) is 14.8 Å². The maximum absolute atomic E-state index is 8.87. The summed E-state index contributed by atoms with van der Waals surface area (Å²) in [6.45, 7) is 2.32. The van der Waals surface area contributed by atoms with Gasteiger partial charge in [0, 0.05) is 17.9 Å². The van der Waals surface area contributed by atoms with E-state index in [1.165, 1.54) is 12.4 Å². The average molecular weight is 167 g/mol. The van der Waals surface area contributed by atoms with Crippen LogP contribution in [0.1, 0.15) is 6.92 Å². The minimum Gasteiger partial charge on any atom is -0.494 e. The molecular formula is C7H10BNO3. The number of hydrogen-bond donors (Lipinski definition) is 2. The van der Waals surface area contributed by atoms with E-state index in [0.29, 0.717) is 17.8 Å². The monoisotopic (exact) mass is 167 g/mol. The van der Waals surface area contributed by atoms with Gasteiger partial charge in [-0.05, 0) is 13.0 Å². The second-order valence-corrected chi connectivity index (χ2v) is 2.22. The summed E-state index contributed by atoms with van der Waals surface area (Å²) < 4.78 is 5.14. The Morgan fingerprint density at radius 2 is 2.33 bits per heavy atom. The van der Waals surface area contributed by atoms with Crippen molar-refractivity contribution in [2.75, 3.05) is 6.61 Å². The molecule has 0 saturated heterocycles. The molecule has 0 aromatic carbocycles. The Balaban J connectivity index is 2.92. The fraction of sp³-hybridized carbons (Fsp3) is 0.286. The zero-order valence-corrected chi connectivity index (χ0v) is 6.77. The molecule has 2 N–H and O–H groups in total. The molecule has 0 atom stereocenters. The quantitative estimate of drug-likeness (QED) is 0.576. The molecule has 0 radical (unpaired) electrons. The maximum Gasteiger partial charge on any atom is 0.493 e. The van der Waals surface area contributed by atoms with Crippen molar-refractivity contribution < 1.29 is 14.8 Å². The van der Waals surface area contributed by atoms with E-state index in [1.807, 2.05) is 6.92 Å². The average Bonchev–Trinajstić information content (AvgIpc) is 2.05. The van der Waals surface area contributed by atoms with Crippen LogP contribution in [0.15, 0.2) is 18.5 Å². The molecule has 0 bridgehead atoms. The van der Waals surface area contributed by atoms with E-state index in [0.717, 1.165) is 0 Å². The van der Waals surface area contributed by atoms with Crippen molar-refractivity contribution in [1.29, 1.82) is 0 Å². The largest absolute Gasteiger partial charge is 0.494 e. The third-order valence-corrected chi connectivity index (χ3v) is 1.39. The van der Waals surface area contributed by atoms with Crippen LogP contribution in [0.3, 0.4) is 0 Å².